The van der Waals surface area contributed by atoms with Crippen molar-refractivity contribution in [3.63, 3.8) is 0 Å². The van der Waals surface area contributed by atoms with Crippen LogP contribution in [0.1, 0.15) is 110 Å². The molecule has 0 saturated carbocycles. The second-order valence-corrected chi connectivity index (χ2v) is 19.7. The van der Waals surface area contributed by atoms with E-state index in [4.69, 9.17) is 0 Å². The predicted octanol–water partition coefficient (Wildman–Crippen LogP) is 4.15. The van der Waals surface area contributed by atoms with Gasteiger partial charge < -0.3 is 37.2 Å². The maximum absolute atomic E-state index is 14.4. The normalized spacial score (nSPS) is 22.7. The first kappa shape index (κ1) is 54.4. The van der Waals surface area contributed by atoms with E-state index in [2.05, 4.69) is 37.2 Å². The van der Waals surface area contributed by atoms with Gasteiger partial charge >= 0.3 is 0 Å². The van der Waals surface area contributed by atoms with Crippen molar-refractivity contribution < 1.29 is 43.2 Å². The zero-order chi connectivity index (χ0) is 50.4. The molecule has 69 heavy (non-hydrogen) atoms. The molecule has 368 valence electrons. The maximum atomic E-state index is 14.4. The van der Waals surface area contributed by atoms with Crippen molar-refractivity contribution >= 4 is 63.7 Å². The molecule has 4 unspecified atom stereocenters. The number of carbonyl (C=O) groups excluding carboxylic acids is 9. The van der Waals surface area contributed by atoms with Gasteiger partial charge in [-0.3, -0.25) is 43.2 Å². The number of amides is 7. The standard InChI is InChI=1S/C52H63N7O9.CH4/c1-30-42(62)56-50(5,6)46(66)53-31(2)43(63)57-52(9,10)48(68)55-39(28-32-20-24-36(25-21-32)41(61)35-17-12-11-13-18-35)45(65)59-49(3,4)40(60)29-38(44(64)58-51(7,8)47(67)54-30)27-33-22-23-34-16-14-15-19-37(34)26-33;/h11-26,30-31,38-39H,27-29H2,1-10H3,(H,53,66)(H,54,67)(H,55,68)(H,56,62)(H,57,63)(H,58,64)(H,59,65);1H4. The molecular formula is C53H67N7O9. The van der Waals surface area contributed by atoms with Crippen LogP contribution in [0, 0.1) is 5.92 Å². The number of carbonyl (C=O) groups is 9. The maximum Gasteiger partial charge on any atom is 0.245 e. The van der Waals surface area contributed by atoms with E-state index in [9.17, 15) is 43.2 Å². The Morgan fingerprint density at radius 1 is 0.478 bits per heavy atom. The van der Waals surface area contributed by atoms with Gasteiger partial charge in [0.15, 0.2) is 11.6 Å². The molecule has 0 aromatic heterocycles. The minimum Gasteiger partial charge on any atom is -0.343 e. The molecule has 0 bridgehead atoms. The van der Waals surface area contributed by atoms with Crippen LogP contribution in [0.25, 0.3) is 10.8 Å². The van der Waals surface area contributed by atoms with Gasteiger partial charge in [0, 0.05) is 29.9 Å². The first-order chi connectivity index (χ1) is 31.7. The number of ketones is 2. The molecule has 5 rings (SSSR count). The van der Waals surface area contributed by atoms with Gasteiger partial charge in [0.1, 0.15) is 34.7 Å². The quantitative estimate of drug-likeness (QED) is 0.137. The summed E-state index contributed by atoms with van der Waals surface area (Å²) in [6.07, 6.45) is -0.423. The van der Waals surface area contributed by atoms with E-state index in [1.54, 1.807) is 54.6 Å². The van der Waals surface area contributed by atoms with Crippen LogP contribution in [0.4, 0.5) is 0 Å². The molecule has 4 aromatic rings. The molecule has 0 radical (unpaired) electrons. The van der Waals surface area contributed by atoms with Gasteiger partial charge in [0.2, 0.25) is 41.4 Å². The molecule has 16 heteroatoms. The summed E-state index contributed by atoms with van der Waals surface area (Å²) in [4.78, 5) is 125. The molecule has 1 heterocycles. The second kappa shape index (κ2) is 21.8. The fourth-order valence-electron chi connectivity index (χ4n) is 7.48. The Morgan fingerprint density at radius 2 is 0.913 bits per heavy atom. The van der Waals surface area contributed by atoms with Gasteiger partial charge in [-0.05, 0) is 97.6 Å². The first-order valence-corrected chi connectivity index (χ1v) is 22.6. The molecule has 4 aromatic carbocycles. The fourth-order valence-corrected chi connectivity index (χ4v) is 7.48. The summed E-state index contributed by atoms with van der Waals surface area (Å²) < 4.78 is 0. The van der Waals surface area contributed by atoms with Crippen molar-refractivity contribution in [3.05, 3.63) is 119 Å². The number of fused-ring (bicyclic) bond motifs is 1. The highest BCUT2D eigenvalue weighted by Crippen LogP contribution is 2.23. The summed E-state index contributed by atoms with van der Waals surface area (Å²) in [5.41, 5.74) is -4.35. The lowest BCUT2D eigenvalue weighted by molar-refractivity contribution is -0.140. The number of hydrogen-bond donors (Lipinski definition) is 7. The minimum atomic E-state index is -1.67. The zero-order valence-electron chi connectivity index (χ0n) is 40.3. The van der Waals surface area contributed by atoms with Crippen molar-refractivity contribution in [1.29, 1.82) is 0 Å². The van der Waals surface area contributed by atoms with Gasteiger partial charge in [-0.15, -0.1) is 0 Å². The van der Waals surface area contributed by atoms with Crippen LogP contribution in [0.15, 0.2) is 97.1 Å². The number of rotatable bonds is 6. The van der Waals surface area contributed by atoms with Crippen molar-refractivity contribution in [2.75, 3.05) is 0 Å². The Kier molecular flexibility index (Phi) is 17.2. The summed E-state index contributed by atoms with van der Waals surface area (Å²) in [7, 11) is 0. The molecular weight excluding hydrogens is 879 g/mol. The monoisotopic (exact) mass is 946 g/mol. The largest absolute Gasteiger partial charge is 0.343 e. The van der Waals surface area contributed by atoms with Crippen molar-refractivity contribution in [2.24, 2.45) is 5.92 Å². The molecule has 1 aliphatic rings. The van der Waals surface area contributed by atoms with E-state index < -0.39 is 93.3 Å². The fraction of sp³-hybridized carbons (Fsp3) is 0.415. The van der Waals surface area contributed by atoms with Crippen molar-refractivity contribution in [3.8, 4) is 0 Å². The highest BCUT2D eigenvalue weighted by molar-refractivity contribution is 6.09. The summed E-state index contributed by atoms with van der Waals surface area (Å²) >= 11 is 0. The number of Topliss-reactive ketones (excluding diaryl/α,β-unsaturated/α-hetero) is 1. The topological polar surface area (TPSA) is 238 Å². The van der Waals surface area contributed by atoms with Crippen LogP contribution in [0.3, 0.4) is 0 Å². The van der Waals surface area contributed by atoms with E-state index in [0.717, 1.165) is 16.3 Å². The molecule has 0 spiro atoms. The number of benzene rings is 4. The lowest BCUT2D eigenvalue weighted by atomic mass is 9.85. The average molecular weight is 946 g/mol. The zero-order valence-corrected chi connectivity index (χ0v) is 40.3. The van der Waals surface area contributed by atoms with Gasteiger partial charge in [0.05, 0.1) is 5.54 Å². The molecule has 7 amide bonds. The highest BCUT2D eigenvalue weighted by Gasteiger charge is 2.41. The van der Waals surface area contributed by atoms with E-state index in [0.29, 0.717) is 16.7 Å². The summed E-state index contributed by atoms with van der Waals surface area (Å²) in [6.45, 7) is 14.3. The van der Waals surface area contributed by atoms with E-state index in [1.807, 2.05) is 42.5 Å². The lowest BCUT2D eigenvalue weighted by Crippen LogP contribution is -2.65. The third-order valence-corrected chi connectivity index (χ3v) is 12.0. The van der Waals surface area contributed by atoms with Crippen LogP contribution >= 0.6 is 0 Å². The molecule has 1 saturated heterocycles. The summed E-state index contributed by atoms with van der Waals surface area (Å²) in [5, 5.41) is 20.5. The second-order valence-electron chi connectivity index (χ2n) is 19.7. The number of hydrogen-bond acceptors (Lipinski definition) is 9. The molecule has 1 aliphatic heterocycles. The smallest absolute Gasteiger partial charge is 0.245 e. The van der Waals surface area contributed by atoms with E-state index in [1.165, 1.54) is 69.2 Å². The van der Waals surface area contributed by atoms with Crippen molar-refractivity contribution in [1.82, 2.24) is 37.2 Å². The molecule has 4 atom stereocenters. The Balaban J connectivity index is 0.0000104. The molecule has 7 N–H and O–H groups in total. The first-order valence-electron chi connectivity index (χ1n) is 22.6. The summed E-state index contributed by atoms with van der Waals surface area (Å²) in [6, 6.07) is 24.8. The highest BCUT2D eigenvalue weighted by atomic mass is 16.2. The van der Waals surface area contributed by atoms with Gasteiger partial charge in [-0.25, -0.2) is 0 Å². The van der Waals surface area contributed by atoms with Crippen LogP contribution in [-0.2, 0) is 51.2 Å². The van der Waals surface area contributed by atoms with Gasteiger partial charge in [0.25, 0.3) is 0 Å². The minimum absolute atomic E-state index is 0. The van der Waals surface area contributed by atoms with Crippen LogP contribution in [0.5, 0.6) is 0 Å². The SMILES string of the molecule is C.CC1NC(=O)C(C)(C)NC(=O)C(Cc2ccc3ccccc3c2)CC(=O)C(C)(C)NC(=O)C(Cc2ccc(C(=O)c3ccccc3)cc2)NC(=O)C(C)(C)NC(=O)C(C)NC(=O)C(C)(C)NC1=O. The third-order valence-electron chi connectivity index (χ3n) is 12.0. The Morgan fingerprint density at radius 3 is 1.45 bits per heavy atom. The van der Waals surface area contributed by atoms with Crippen LogP contribution < -0.4 is 37.2 Å². The summed E-state index contributed by atoms with van der Waals surface area (Å²) in [5.74, 6) is -6.96. The number of nitrogens with one attached hydrogen (secondary N) is 7. The van der Waals surface area contributed by atoms with E-state index >= 15 is 0 Å². The van der Waals surface area contributed by atoms with Crippen LogP contribution in [0.2, 0.25) is 0 Å². The molecule has 16 nitrogen and oxygen atoms in total. The van der Waals surface area contributed by atoms with Gasteiger partial charge in [-0.2, -0.15) is 0 Å². The Hall–Kier alpha value is -7.23. The van der Waals surface area contributed by atoms with E-state index in [-0.39, 0.29) is 32.5 Å². The average Bonchev–Trinajstić information content (AvgIpc) is 3.27. The van der Waals surface area contributed by atoms with Crippen LogP contribution in [-0.4, -0.2) is 93.2 Å². The molecule has 0 aliphatic carbocycles. The van der Waals surface area contributed by atoms with Crippen molar-refractivity contribution in [2.45, 2.75) is 136 Å². The van der Waals surface area contributed by atoms with Gasteiger partial charge in [-0.1, -0.05) is 104 Å². The predicted molar refractivity (Wildman–Crippen MR) is 264 cm³/mol. The molecule has 1 fully saturated rings. The lowest BCUT2D eigenvalue weighted by Gasteiger charge is -2.33. The Bertz CT molecular complexity index is 2600. The third kappa shape index (κ3) is 13.9. The Labute approximate surface area is 404 Å².